The van der Waals surface area contributed by atoms with Gasteiger partial charge in [-0.2, -0.15) is 0 Å². The highest BCUT2D eigenvalue weighted by atomic mass is 32.2. The topological polar surface area (TPSA) is 93.7 Å². The van der Waals surface area contributed by atoms with Crippen molar-refractivity contribution in [3.63, 3.8) is 0 Å². The first-order chi connectivity index (χ1) is 18.5. The van der Waals surface area contributed by atoms with Gasteiger partial charge < -0.3 is 19.7 Å². The van der Waals surface area contributed by atoms with Crippen LogP contribution in [0.2, 0.25) is 0 Å². The Kier molecular flexibility index (Phi) is 8.05. The van der Waals surface area contributed by atoms with Gasteiger partial charge in [0.25, 0.3) is 0 Å². The molecule has 8 nitrogen and oxygen atoms in total. The Labute approximate surface area is 223 Å². The molecule has 1 aliphatic heterocycles. The van der Waals surface area contributed by atoms with Gasteiger partial charge >= 0.3 is 0 Å². The number of hydrogen-bond donors (Lipinski definition) is 1. The zero-order valence-electron chi connectivity index (χ0n) is 21.5. The van der Waals surface area contributed by atoms with Crippen LogP contribution in [0, 0.1) is 0 Å². The Bertz CT molecular complexity index is 1460. The van der Waals surface area contributed by atoms with E-state index < -0.39 is 9.84 Å². The van der Waals surface area contributed by atoms with Crippen LogP contribution in [0.1, 0.15) is 17.5 Å². The maximum atomic E-state index is 11.7. The number of methoxy groups -OCH3 is 1. The second-order valence-corrected chi connectivity index (χ2v) is 11.7. The van der Waals surface area contributed by atoms with Crippen LogP contribution in [0.3, 0.4) is 0 Å². The summed E-state index contributed by atoms with van der Waals surface area (Å²) in [5.41, 5.74) is 3.93. The minimum Gasteiger partial charge on any atom is -0.496 e. The van der Waals surface area contributed by atoms with E-state index in [4.69, 9.17) is 9.47 Å². The minimum atomic E-state index is -2.86. The van der Waals surface area contributed by atoms with Crippen LogP contribution in [-0.4, -0.2) is 61.5 Å². The monoisotopic (exact) mass is 532 g/mol. The highest BCUT2D eigenvalue weighted by Gasteiger charge is 2.21. The fraction of sp³-hybridized carbons (Fsp3) is 0.310. The van der Waals surface area contributed by atoms with E-state index in [0.717, 1.165) is 58.6 Å². The number of ether oxygens (including phenoxy) is 2. The van der Waals surface area contributed by atoms with E-state index >= 15 is 0 Å². The van der Waals surface area contributed by atoms with Crippen molar-refractivity contribution in [2.75, 3.05) is 43.6 Å². The summed E-state index contributed by atoms with van der Waals surface area (Å²) in [6.07, 6.45) is 3.29. The number of anilines is 2. The molecule has 38 heavy (non-hydrogen) atoms. The molecule has 1 fully saturated rings. The lowest BCUT2D eigenvalue weighted by molar-refractivity contribution is 0.291. The number of nitrogens with zero attached hydrogens (tertiary/aromatic N) is 3. The average molecular weight is 533 g/mol. The van der Waals surface area contributed by atoms with E-state index in [1.165, 1.54) is 0 Å². The molecule has 0 spiro atoms. The van der Waals surface area contributed by atoms with E-state index in [1.807, 2.05) is 60.7 Å². The average Bonchev–Trinajstić information content (AvgIpc) is 2.94. The van der Waals surface area contributed by atoms with E-state index in [1.54, 1.807) is 13.4 Å². The second kappa shape index (κ2) is 11.8. The van der Waals surface area contributed by atoms with Gasteiger partial charge in [0.05, 0.1) is 24.1 Å². The molecule has 2 heterocycles. The normalized spacial score (nSPS) is 15.3. The van der Waals surface area contributed by atoms with Crippen LogP contribution in [0.5, 0.6) is 11.5 Å². The van der Waals surface area contributed by atoms with Gasteiger partial charge in [-0.25, -0.2) is 18.4 Å². The molecule has 0 amide bonds. The molecule has 1 aromatic heterocycles. The van der Waals surface area contributed by atoms with Crippen molar-refractivity contribution in [2.45, 2.75) is 19.4 Å². The molecule has 9 heteroatoms. The van der Waals surface area contributed by atoms with Crippen molar-refractivity contribution < 1.29 is 17.9 Å². The van der Waals surface area contributed by atoms with E-state index in [2.05, 4.69) is 26.3 Å². The molecule has 198 valence electrons. The largest absolute Gasteiger partial charge is 0.496 e. The molecule has 0 aliphatic carbocycles. The van der Waals surface area contributed by atoms with E-state index in [0.29, 0.717) is 25.5 Å². The van der Waals surface area contributed by atoms with Crippen LogP contribution < -0.4 is 14.8 Å². The first-order valence-corrected chi connectivity index (χ1v) is 14.6. The van der Waals surface area contributed by atoms with E-state index in [-0.39, 0.29) is 11.5 Å². The number of hydrogen-bond acceptors (Lipinski definition) is 8. The van der Waals surface area contributed by atoms with Gasteiger partial charge in [0, 0.05) is 24.2 Å². The lowest BCUT2D eigenvalue weighted by Gasteiger charge is -2.26. The zero-order valence-corrected chi connectivity index (χ0v) is 22.3. The van der Waals surface area contributed by atoms with Crippen molar-refractivity contribution in [3.05, 3.63) is 84.2 Å². The molecule has 4 aromatic rings. The van der Waals surface area contributed by atoms with Crippen molar-refractivity contribution in [1.82, 2.24) is 14.9 Å². The summed E-state index contributed by atoms with van der Waals surface area (Å²) in [5, 5.41) is 4.27. The summed E-state index contributed by atoms with van der Waals surface area (Å²) in [7, 11) is -1.19. The van der Waals surface area contributed by atoms with Crippen LogP contribution >= 0.6 is 0 Å². The smallest absolute Gasteiger partial charge is 0.152 e. The third kappa shape index (κ3) is 6.59. The Hall–Kier alpha value is -3.69. The summed E-state index contributed by atoms with van der Waals surface area (Å²) in [4.78, 5) is 11.2. The van der Waals surface area contributed by atoms with Gasteiger partial charge in [-0.1, -0.05) is 30.3 Å². The molecule has 3 aromatic carbocycles. The van der Waals surface area contributed by atoms with Crippen LogP contribution in [-0.2, 0) is 22.9 Å². The number of rotatable bonds is 10. The molecule has 0 radical (unpaired) electrons. The molecular formula is C29H32N4O4S. The summed E-state index contributed by atoms with van der Waals surface area (Å²) in [5.74, 6) is 2.79. The van der Waals surface area contributed by atoms with Gasteiger partial charge in [0.2, 0.25) is 0 Å². The van der Waals surface area contributed by atoms with Gasteiger partial charge in [-0.3, -0.25) is 0 Å². The number of sulfone groups is 1. The fourth-order valence-corrected chi connectivity index (χ4v) is 5.87. The molecular weight excluding hydrogens is 500 g/mol. The van der Waals surface area contributed by atoms with Crippen LogP contribution in [0.15, 0.2) is 73.1 Å². The quantitative estimate of drug-likeness (QED) is 0.316. The van der Waals surface area contributed by atoms with Crippen molar-refractivity contribution in [2.24, 2.45) is 0 Å². The molecule has 5 rings (SSSR count). The lowest BCUT2D eigenvalue weighted by atomic mass is 10.1. The number of benzene rings is 3. The van der Waals surface area contributed by atoms with Crippen molar-refractivity contribution >= 4 is 32.2 Å². The summed E-state index contributed by atoms with van der Waals surface area (Å²) in [6, 6.07) is 21.9. The third-order valence-corrected chi connectivity index (χ3v) is 8.37. The Balaban J connectivity index is 1.24. The van der Waals surface area contributed by atoms with Gasteiger partial charge in [0.15, 0.2) is 9.84 Å². The lowest BCUT2D eigenvalue weighted by Crippen LogP contribution is -2.40. The predicted octanol–water partition coefficient (Wildman–Crippen LogP) is 4.62. The maximum absolute atomic E-state index is 11.7. The molecule has 0 atom stereocenters. The van der Waals surface area contributed by atoms with Crippen molar-refractivity contribution in [3.8, 4) is 11.5 Å². The predicted molar refractivity (Wildman–Crippen MR) is 150 cm³/mol. The summed E-state index contributed by atoms with van der Waals surface area (Å²) >= 11 is 0. The minimum absolute atomic E-state index is 0.252. The molecule has 1 saturated heterocycles. The summed E-state index contributed by atoms with van der Waals surface area (Å²) in [6.45, 7) is 2.60. The SMILES string of the molecule is COc1cc2c(Nc3ccc(OCc4ccccc4)cc3)ncnc2cc1CCCN1CCS(=O)(=O)CC1. The molecule has 1 aliphatic rings. The van der Waals surface area contributed by atoms with Crippen LogP contribution in [0.4, 0.5) is 11.5 Å². The number of nitrogens with one attached hydrogen (secondary N) is 1. The fourth-order valence-electron chi connectivity index (χ4n) is 4.59. The van der Waals surface area contributed by atoms with Crippen LogP contribution in [0.25, 0.3) is 10.9 Å². The van der Waals surface area contributed by atoms with E-state index in [9.17, 15) is 8.42 Å². The Morgan fingerprint density at radius 3 is 2.47 bits per heavy atom. The molecule has 0 saturated carbocycles. The third-order valence-electron chi connectivity index (χ3n) is 6.76. The maximum Gasteiger partial charge on any atom is 0.152 e. The molecule has 1 N–H and O–H groups in total. The Morgan fingerprint density at radius 1 is 0.974 bits per heavy atom. The van der Waals surface area contributed by atoms with Gasteiger partial charge in [-0.05, 0) is 66.9 Å². The second-order valence-electron chi connectivity index (χ2n) is 9.42. The van der Waals surface area contributed by atoms with Gasteiger partial charge in [-0.15, -0.1) is 0 Å². The number of aryl methyl sites for hydroxylation is 1. The zero-order chi connectivity index (χ0) is 26.4. The first-order valence-electron chi connectivity index (χ1n) is 12.8. The summed E-state index contributed by atoms with van der Waals surface area (Å²) < 4.78 is 34.9. The highest BCUT2D eigenvalue weighted by Crippen LogP contribution is 2.31. The standard InChI is InChI=1S/C29H32N4O4S/c1-36-28-19-26-27(18-23(28)8-5-13-33-14-16-38(34,35)17-15-33)30-21-31-29(26)32-24-9-11-25(12-10-24)37-20-22-6-3-2-4-7-22/h2-4,6-7,9-12,18-19,21H,5,8,13-17,20H2,1H3,(H,30,31,32). The first kappa shape index (κ1) is 25.9. The number of fused-ring (bicyclic) bond motifs is 1. The van der Waals surface area contributed by atoms with Crippen molar-refractivity contribution in [1.29, 1.82) is 0 Å². The highest BCUT2D eigenvalue weighted by molar-refractivity contribution is 7.91. The molecule has 0 unspecified atom stereocenters. The molecule has 0 bridgehead atoms. The number of aromatic nitrogens is 2. The Morgan fingerprint density at radius 2 is 1.74 bits per heavy atom. The van der Waals surface area contributed by atoms with Gasteiger partial charge in [0.1, 0.15) is 30.3 Å².